The zero-order valence-corrected chi connectivity index (χ0v) is 10.5. The van der Waals surface area contributed by atoms with Crippen molar-refractivity contribution in [2.75, 3.05) is 18.0 Å². The quantitative estimate of drug-likeness (QED) is 0.833. The summed E-state index contributed by atoms with van der Waals surface area (Å²) in [6.07, 6.45) is 1.48. The second kappa shape index (κ2) is 4.56. The van der Waals surface area contributed by atoms with E-state index in [0.717, 1.165) is 31.6 Å². The van der Waals surface area contributed by atoms with Crippen molar-refractivity contribution >= 4 is 17.3 Å². The Kier molecular flexibility index (Phi) is 3.28. The van der Waals surface area contributed by atoms with Crippen LogP contribution >= 0.6 is 11.6 Å². The van der Waals surface area contributed by atoms with Gasteiger partial charge < -0.3 is 10.0 Å². The van der Waals surface area contributed by atoms with Gasteiger partial charge in [0.1, 0.15) is 0 Å². The molecule has 90 valence electrons. The second-order valence-electron chi connectivity index (χ2n) is 4.76. The molecular weight excluding hydrogens is 236 g/mol. The van der Waals surface area contributed by atoms with Crippen molar-refractivity contribution in [2.24, 2.45) is 0 Å². The van der Waals surface area contributed by atoms with E-state index in [4.69, 9.17) is 16.9 Å². The van der Waals surface area contributed by atoms with E-state index in [1.165, 1.54) is 0 Å². The summed E-state index contributed by atoms with van der Waals surface area (Å²) in [5, 5.41) is 19.3. The standard InChI is InChI=1S/C13H15ClN2O/c1-13(17)4-6-16(7-5-13)12-3-2-10(9-15)8-11(12)14/h2-3,8,17H,4-7H2,1H3. The average molecular weight is 251 g/mol. The van der Waals surface area contributed by atoms with Gasteiger partial charge in [-0.15, -0.1) is 0 Å². The number of halogens is 1. The zero-order valence-electron chi connectivity index (χ0n) is 9.78. The van der Waals surface area contributed by atoms with Crippen LogP contribution in [-0.4, -0.2) is 23.8 Å². The molecule has 1 aliphatic rings. The highest BCUT2D eigenvalue weighted by molar-refractivity contribution is 6.33. The molecule has 0 bridgehead atoms. The Morgan fingerprint density at radius 1 is 1.41 bits per heavy atom. The average Bonchev–Trinajstić information content (AvgIpc) is 2.29. The van der Waals surface area contributed by atoms with Crippen molar-refractivity contribution in [2.45, 2.75) is 25.4 Å². The molecule has 1 aliphatic heterocycles. The Labute approximate surface area is 106 Å². The molecular formula is C13H15ClN2O. The van der Waals surface area contributed by atoms with E-state index in [2.05, 4.69) is 11.0 Å². The number of aliphatic hydroxyl groups is 1. The lowest BCUT2D eigenvalue weighted by Crippen LogP contribution is -2.42. The molecule has 0 aliphatic carbocycles. The van der Waals surface area contributed by atoms with Crippen LogP contribution < -0.4 is 4.90 Å². The normalized spacial score (nSPS) is 18.8. The summed E-state index contributed by atoms with van der Waals surface area (Å²) in [5.41, 5.74) is 0.958. The Balaban J connectivity index is 2.17. The molecule has 3 nitrogen and oxygen atoms in total. The molecule has 2 rings (SSSR count). The molecule has 1 fully saturated rings. The number of hydrogen-bond acceptors (Lipinski definition) is 3. The predicted octanol–water partition coefficient (Wildman–Crippen LogP) is 2.56. The van der Waals surface area contributed by atoms with Crippen LogP contribution in [0.15, 0.2) is 18.2 Å². The Morgan fingerprint density at radius 2 is 2.06 bits per heavy atom. The van der Waals surface area contributed by atoms with Gasteiger partial charge in [-0.1, -0.05) is 11.6 Å². The lowest BCUT2D eigenvalue weighted by molar-refractivity contribution is 0.0351. The number of anilines is 1. The maximum absolute atomic E-state index is 9.89. The van der Waals surface area contributed by atoms with Gasteiger partial charge in [-0.3, -0.25) is 0 Å². The summed E-state index contributed by atoms with van der Waals surface area (Å²) in [6, 6.07) is 7.40. The molecule has 0 radical (unpaired) electrons. The first-order valence-corrected chi connectivity index (χ1v) is 6.07. The van der Waals surface area contributed by atoms with Gasteiger partial charge in [0.15, 0.2) is 0 Å². The van der Waals surface area contributed by atoms with Gasteiger partial charge in [-0.2, -0.15) is 5.26 Å². The fourth-order valence-electron chi connectivity index (χ4n) is 2.06. The first-order chi connectivity index (χ1) is 8.02. The van der Waals surface area contributed by atoms with Crippen LogP contribution in [0.2, 0.25) is 5.02 Å². The molecule has 1 heterocycles. The molecule has 0 amide bonds. The van der Waals surface area contributed by atoms with Crippen LogP contribution in [0.1, 0.15) is 25.3 Å². The maximum Gasteiger partial charge on any atom is 0.0992 e. The number of nitriles is 1. The fraction of sp³-hybridized carbons (Fsp3) is 0.462. The predicted molar refractivity (Wildman–Crippen MR) is 68.2 cm³/mol. The van der Waals surface area contributed by atoms with Gasteiger partial charge in [0, 0.05) is 13.1 Å². The lowest BCUT2D eigenvalue weighted by atomic mass is 9.93. The number of rotatable bonds is 1. The van der Waals surface area contributed by atoms with E-state index >= 15 is 0 Å². The monoisotopic (exact) mass is 250 g/mol. The van der Waals surface area contributed by atoms with Gasteiger partial charge in [-0.05, 0) is 38.0 Å². The van der Waals surface area contributed by atoms with Crippen LogP contribution in [0.4, 0.5) is 5.69 Å². The molecule has 4 heteroatoms. The number of piperidine rings is 1. The summed E-state index contributed by atoms with van der Waals surface area (Å²) in [5.74, 6) is 0. The van der Waals surface area contributed by atoms with Crippen molar-refractivity contribution in [3.63, 3.8) is 0 Å². The largest absolute Gasteiger partial charge is 0.390 e. The minimum atomic E-state index is -0.560. The second-order valence-corrected chi connectivity index (χ2v) is 5.17. The highest BCUT2D eigenvalue weighted by atomic mass is 35.5. The molecule has 17 heavy (non-hydrogen) atoms. The van der Waals surface area contributed by atoms with E-state index in [1.807, 2.05) is 13.0 Å². The molecule has 1 aromatic rings. The number of benzene rings is 1. The summed E-state index contributed by atoms with van der Waals surface area (Å²) < 4.78 is 0. The van der Waals surface area contributed by atoms with Crippen molar-refractivity contribution in [3.8, 4) is 6.07 Å². The number of hydrogen-bond donors (Lipinski definition) is 1. The van der Waals surface area contributed by atoms with Gasteiger partial charge in [0.05, 0.1) is 27.9 Å². The van der Waals surface area contributed by atoms with Crippen molar-refractivity contribution in [3.05, 3.63) is 28.8 Å². The molecule has 0 spiro atoms. The first-order valence-electron chi connectivity index (χ1n) is 5.69. The van der Waals surface area contributed by atoms with Gasteiger partial charge in [0.25, 0.3) is 0 Å². The van der Waals surface area contributed by atoms with Gasteiger partial charge in [0.2, 0.25) is 0 Å². The van der Waals surface area contributed by atoms with E-state index in [1.54, 1.807) is 12.1 Å². The Hall–Kier alpha value is -1.24. The van der Waals surface area contributed by atoms with Crippen LogP contribution in [-0.2, 0) is 0 Å². The van der Waals surface area contributed by atoms with Crippen LogP contribution in [0.5, 0.6) is 0 Å². The molecule has 0 atom stereocenters. The minimum Gasteiger partial charge on any atom is -0.390 e. The lowest BCUT2D eigenvalue weighted by Gasteiger charge is -2.37. The molecule has 1 saturated heterocycles. The summed E-state index contributed by atoms with van der Waals surface area (Å²) in [7, 11) is 0. The van der Waals surface area contributed by atoms with Crippen LogP contribution in [0.3, 0.4) is 0 Å². The van der Waals surface area contributed by atoms with E-state index in [0.29, 0.717) is 10.6 Å². The Morgan fingerprint density at radius 3 is 2.59 bits per heavy atom. The molecule has 1 N–H and O–H groups in total. The highest BCUT2D eigenvalue weighted by Gasteiger charge is 2.28. The summed E-state index contributed by atoms with van der Waals surface area (Å²) >= 11 is 6.16. The maximum atomic E-state index is 9.89. The van der Waals surface area contributed by atoms with Crippen molar-refractivity contribution in [1.82, 2.24) is 0 Å². The van der Waals surface area contributed by atoms with Crippen LogP contribution in [0.25, 0.3) is 0 Å². The topological polar surface area (TPSA) is 47.3 Å². The third-order valence-electron chi connectivity index (χ3n) is 3.26. The smallest absolute Gasteiger partial charge is 0.0992 e. The molecule has 0 saturated carbocycles. The van der Waals surface area contributed by atoms with E-state index < -0.39 is 5.60 Å². The van der Waals surface area contributed by atoms with Gasteiger partial charge >= 0.3 is 0 Å². The fourth-order valence-corrected chi connectivity index (χ4v) is 2.36. The summed E-state index contributed by atoms with van der Waals surface area (Å²) in [4.78, 5) is 2.15. The van der Waals surface area contributed by atoms with Crippen molar-refractivity contribution < 1.29 is 5.11 Å². The van der Waals surface area contributed by atoms with E-state index in [9.17, 15) is 5.11 Å². The molecule has 0 unspecified atom stereocenters. The highest BCUT2D eigenvalue weighted by Crippen LogP contribution is 2.31. The SMILES string of the molecule is CC1(O)CCN(c2ccc(C#N)cc2Cl)CC1. The third-order valence-corrected chi connectivity index (χ3v) is 3.56. The Bertz CT molecular complexity index is 455. The van der Waals surface area contributed by atoms with Crippen LogP contribution in [0, 0.1) is 11.3 Å². The summed E-state index contributed by atoms with van der Waals surface area (Å²) in [6.45, 7) is 3.45. The van der Waals surface area contributed by atoms with E-state index in [-0.39, 0.29) is 0 Å². The molecule has 1 aromatic carbocycles. The zero-order chi connectivity index (χ0) is 12.5. The minimum absolute atomic E-state index is 0.560. The first kappa shape index (κ1) is 12.2. The van der Waals surface area contributed by atoms with Crippen molar-refractivity contribution in [1.29, 1.82) is 5.26 Å². The van der Waals surface area contributed by atoms with Gasteiger partial charge in [-0.25, -0.2) is 0 Å². The molecule has 0 aromatic heterocycles. The number of nitrogens with zero attached hydrogens (tertiary/aromatic N) is 2. The third kappa shape index (κ3) is 2.71.